The Bertz CT molecular complexity index is 801. The predicted octanol–water partition coefficient (Wildman–Crippen LogP) is 0.820. The second-order valence-corrected chi connectivity index (χ2v) is 7.81. The molecule has 0 aromatic carbocycles. The molecule has 0 spiro atoms. The first-order valence-electron chi connectivity index (χ1n) is 7.41. The van der Waals surface area contributed by atoms with Crippen LogP contribution in [-0.4, -0.2) is 57.2 Å². The Hall–Kier alpha value is -1.84. The topological polar surface area (TPSA) is 84.2 Å². The molecule has 0 aliphatic carbocycles. The first kappa shape index (κ1) is 16.0. The summed E-state index contributed by atoms with van der Waals surface area (Å²) in [5, 5.41) is 0. The molecule has 23 heavy (non-hydrogen) atoms. The lowest BCUT2D eigenvalue weighted by molar-refractivity contribution is 0.358. The molecule has 0 radical (unpaired) electrons. The van der Waals surface area contributed by atoms with Crippen molar-refractivity contribution in [3.05, 3.63) is 30.5 Å². The number of hydrogen-bond acceptors (Lipinski definition) is 5. The number of imidazole rings is 1. The van der Waals surface area contributed by atoms with E-state index in [1.165, 1.54) is 8.61 Å². The highest BCUT2D eigenvalue weighted by atomic mass is 32.2. The first-order valence-corrected chi connectivity index (χ1v) is 8.80. The normalized spacial score (nSPS) is 19.6. The van der Waals surface area contributed by atoms with Crippen LogP contribution >= 0.6 is 0 Å². The van der Waals surface area contributed by atoms with E-state index in [4.69, 9.17) is 0 Å². The quantitative estimate of drug-likeness (QED) is 0.825. The van der Waals surface area contributed by atoms with E-state index >= 15 is 0 Å². The summed E-state index contributed by atoms with van der Waals surface area (Å²) < 4.78 is 29.7. The van der Waals surface area contributed by atoms with Crippen molar-refractivity contribution in [2.45, 2.75) is 18.9 Å². The fraction of sp³-hybridized carbons (Fsp3) is 0.500. The van der Waals surface area contributed by atoms with E-state index in [0.29, 0.717) is 23.8 Å². The zero-order valence-corrected chi connectivity index (χ0v) is 14.2. The molecular formula is C14H20N6O2S. The minimum absolute atomic E-state index is 0.317. The van der Waals surface area contributed by atoms with Gasteiger partial charge in [0.1, 0.15) is 5.69 Å². The maximum Gasteiger partial charge on any atom is 0.282 e. The Labute approximate surface area is 136 Å². The Morgan fingerprint density at radius 3 is 2.57 bits per heavy atom. The van der Waals surface area contributed by atoms with Crippen molar-refractivity contribution in [2.75, 3.05) is 20.6 Å². The highest BCUT2D eigenvalue weighted by Crippen LogP contribution is 2.37. The molecule has 8 nitrogen and oxygen atoms in total. The van der Waals surface area contributed by atoms with Gasteiger partial charge in [0.15, 0.2) is 5.82 Å². The van der Waals surface area contributed by atoms with Crippen LogP contribution in [0, 0.1) is 0 Å². The van der Waals surface area contributed by atoms with Gasteiger partial charge in [-0.1, -0.05) is 0 Å². The lowest BCUT2D eigenvalue weighted by Crippen LogP contribution is -2.39. The van der Waals surface area contributed by atoms with Crippen molar-refractivity contribution in [1.29, 1.82) is 0 Å². The van der Waals surface area contributed by atoms with E-state index in [-0.39, 0.29) is 6.04 Å². The maximum absolute atomic E-state index is 12.6. The zero-order chi connectivity index (χ0) is 16.6. The van der Waals surface area contributed by atoms with Crippen LogP contribution in [0.15, 0.2) is 24.8 Å². The summed E-state index contributed by atoms with van der Waals surface area (Å²) in [5.74, 6) is 0.683. The summed E-state index contributed by atoms with van der Waals surface area (Å²) in [4.78, 5) is 13.2. The molecule has 1 atom stereocenters. The van der Waals surface area contributed by atoms with Crippen molar-refractivity contribution < 1.29 is 8.42 Å². The molecule has 1 fully saturated rings. The third-order valence-electron chi connectivity index (χ3n) is 4.04. The van der Waals surface area contributed by atoms with Gasteiger partial charge >= 0.3 is 0 Å². The third-order valence-corrected chi connectivity index (χ3v) is 5.99. The average Bonchev–Trinajstić information content (AvgIpc) is 3.16. The number of aromatic nitrogens is 4. The van der Waals surface area contributed by atoms with Crippen molar-refractivity contribution in [2.24, 2.45) is 7.05 Å². The molecule has 9 heteroatoms. The lowest BCUT2D eigenvalue weighted by Gasteiger charge is -2.27. The van der Waals surface area contributed by atoms with Crippen LogP contribution in [0.3, 0.4) is 0 Å². The molecule has 0 saturated carbocycles. The van der Waals surface area contributed by atoms with Gasteiger partial charge in [0.05, 0.1) is 11.7 Å². The van der Waals surface area contributed by atoms with Crippen molar-refractivity contribution in [1.82, 2.24) is 28.1 Å². The summed E-state index contributed by atoms with van der Waals surface area (Å²) in [6.45, 7) is 0.488. The molecule has 0 unspecified atom stereocenters. The Kier molecular flexibility index (Phi) is 4.17. The molecule has 2 aromatic heterocycles. The first-order chi connectivity index (χ1) is 10.9. The fourth-order valence-electron chi connectivity index (χ4n) is 2.86. The van der Waals surface area contributed by atoms with Gasteiger partial charge in [0.25, 0.3) is 10.2 Å². The second kappa shape index (κ2) is 5.99. The van der Waals surface area contributed by atoms with Crippen LogP contribution in [0.2, 0.25) is 0 Å². The minimum atomic E-state index is -3.50. The maximum atomic E-state index is 12.6. The van der Waals surface area contributed by atoms with Crippen molar-refractivity contribution >= 4 is 10.2 Å². The van der Waals surface area contributed by atoms with E-state index < -0.39 is 10.2 Å². The third kappa shape index (κ3) is 2.75. The molecule has 3 heterocycles. The zero-order valence-electron chi connectivity index (χ0n) is 13.4. The van der Waals surface area contributed by atoms with Crippen LogP contribution in [0.1, 0.15) is 24.6 Å². The highest BCUT2D eigenvalue weighted by molar-refractivity contribution is 7.86. The highest BCUT2D eigenvalue weighted by Gasteiger charge is 2.39. The van der Waals surface area contributed by atoms with E-state index in [9.17, 15) is 8.42 Å². The molecule has 1 aliphatic heterocycles. The molecule has 0 amide bonds. The molecule has 0 N–H and O–H groups in total. The van der Waals surface area contributed by atoms with Gasteiger partial charge in [-0.05, 0) is 12.8 Å². The molecule has 3 rings (SSSR count). The van der Waals surface area contributed by atoms with Gasteiger partial charge in [-0.15, -0.1) is 0 Å². The van der Waals surface area contributed by atoms with Crippen molar-refractivity contribution in [3.63, 3.8) is 0 Å². The average molecular weight is 336 g/mol. The van der Waals surface area contributed by atoms with Gasteiger partial charge in [-0.25, -0.2) is 9.97 Å². The van der Waals surface area contributed by atoms with E-state index in [1.54, 1.807) is 32.7 Å². The van der Waals surface area contributed by atoms with Gasteiger partial charge in [0.2, 0.25) is 0 Å². The van der Waals surface area contributed by atoms with Crippen molar-refractivity contribution in [3.8, 4) is 11.5 Å². The summed E-state index contributed by atoms with van der Waals surface area (Å²) in [5.41, 5.74) is 1.29. The van der Waals surface area contributed by atoms with Gasteiger partial charge < -0.3 is 4.57 Å². The Balaban J connectivity index is 2.07. The van der Waals surface area contributed by atoms with Gasteiger partial charge in [-0.3, -0.25) is 4.98 Å². The monoisotopic (exact) mass is 336 g/mol. The Morgan fingerprint density at radius 1 is 1.17 bits per heavy atom. The second-order valence-electron chi connectivity index (χ2n) is 5.71. The summed E-state index contributed by atoms with van der Waals surface area (Å²) in [7, 11) is 1.47. The smallest absolute Gasteiger partial charge is 0.282 e. The van der Waals surface area contributed by atoms with Crippen LogP contribution in [0.4, 0.5) is 0 Å². The number of rotatable bonds is 4. The SMILES string of the molecule is CN(C)S(=O)(=O)N1CCC[C@H]1c1nccnc1-c1nccn1C. The summed E-state index contributed by atoms with van der Waals surface area (Å²) in [6, 6.07) is -0.317. The van der Waals surface area contributed by atoms with Gasteiger partial charge in [0, 0.05) is 52.5 Å². The van der Waals surface area contributed by atoms with E-state index in [2.05, 4.69) is 15.0 Å². The summed E-state index contributed by atoms with van der Waals surface area (Å²) in [6.07, 6.45) is 8.25. The van der Waals surface area contributed by atoms with E-state index in [0.717, 1.165) is 12.8 Å². The molecular weight excluding hydrogens is 316 g/mol. The molecule has 124 valence electrons. The number of nitrogens with zero attached hydrogens (tertiary/aromatic N) is 6. The largest absolute Gasteiger partial charge is 0.333 e. The number of aryl methyl sites for hydroxylation is 1. The lowest BCUT2D eigenvalue weighted by atomic mass is 10.1. The van der Waals surface area contributed by atoms with Crippen LogP contribution in [0.25, 0.3) is 11.5 Å². The fourth-order valence-corrected chi connectivity index (χ4v) is 4.16. The minimum Gasteiger partial charge on any atom is -0.333 e. The Morgan fingerprint density at radius 2 is 1.91 bits per heavy atom. The standard InChI is InChI=1S/C14H20N6O2S/c1-18(2)23(21,22)20-9-4-5-11(20)12-13(16-7-6-15-12)14-17-8-10-19(14)3/h6-8,10-11H,4-5,9H2,1-3H3/t11-/m0/s1. The van der Waals surface area contributed by atoms with Gasteiger partial charge in [-0.2, -0.15) is 17.0 Å². The molecule has 2 aromatic rings. The van der Waals surface area contributed by atoms with Crippen LogP contribution in [0.5, 0.6) is 0 Å². The molecule has 1 aliphatic rings. The van der Waals surface area contributed by atoms with Crippen LogP contribution < -0.4 is 0 Å². The van der Waals surface area contributed by atoms with E-state index in [1.807, 2.05) is 17.8 Å². The molecule has 0 bridgehead atoms. The molecule has 1 saturated heterocycles. The summed E-state index contributed by atoms with van der Waals surface area (Å²) >= 11 is 0. The number of hydrogen-bond donors (Lipinski definition) is 0. The predicted molar refractivity (Wildman–Crippen MR) is 85.5 cm³/mol. The van der Waals surface area contributed by atoms with Crippen LogP contribution in [-0.2, 0) is 17.3 Å².